The number of fused-ring (bicyclic) bond motifs is 1. The molecule has 0 bridgehead atoms. The number of rotatable bonds is 4. The minimum Gasteiger partial charge on any atom is -0.351 e. The van der Waals surface area contributed by atoms with Crippen molar-refractivity contribution in [3.63, 3.8) is 0 Å². The Morgan fingerprint density at radius 2 is 1.94 bits per heavy atom. The van der Waals surface area contributed by atoms with Crippen LogP contribution in [-0.2, 0) is 11.3 Å². The molecule has 3 aromatic rings. The van der Waals surface area contributed by atoms with E-state index in [-0.39, 0.29) is 35.8 Å². The second-order valence-electron chi connectivity index (χ2n) is 8.39. The standard InChI is InChI=1S/C23H22ClF2N5O3/c1-23(26)9-18(20(32)28-10-13-5-4-7-15(24)19(13)25)31(12-23)22(34)29-16-11-30(21(27)33)17-8-3-2-6-14(16)17/h2-8,11,18H,9-10,12H2,1H3,(H2,27,33)(H,28,32)(H,29,34)/t18-,23+/m0/s1. The second kappa shape index (κ2) is 8.94. The van der Waals surface area contributed by atoms with Crippen molar-refractivity contribution >= 4 is 46.2 Å². The Labute approximate surface area is 198 Å². The van der Waals surface area contributed by atoms with E-state index in [9.17, 15) is 23.2 Å². The maximum absolute atomic E-state index is 14.9. The Hall–Kier alpha value is -3.66. The number of anilines is 1. The molecule has 1 fully saturated rings. The Kier molecular flexibility index (Phi) is 6.18. The summed E-state index contributed by atoms with van der Waals surface area (Å²) in [5.41, 5.74) is 4.54. The minimum absolute atomic E-state index is 0.0833. The van der Waals surface area contributed by atoms with Gasteiger partial charge in [-0.15, -0.1) is 0 Å². The molecule has 1 saturated heterocycles. The number of nitrogens with two attached hydrogens (primary N) is 1. The van der Waals surface area contributed by atoms with Crippen molar-refractivity contribution in [2.24, 2.45) is 5.73 Å². The van der Waals surface area contributed by atoms with E-state index in [2.05, 4.69) is 10.6 Å². The number of para-hydroxylation sites is 1. The van der Waals surface area contributed by atoms with Gasteiger partial charge >= 0.3 is 12.1 Å². The first-order chi connectivity index (χ1) is 16.1. The van der Waals surface area contributed by atoms with Crippen molar-refractivity contribution in [2.75, 3.05) is 11.9 Å². The highest BCUT2D eigenvalue weighted by atomic mass is 35.5. The summed E-state index contributed by atoms with van der Waals surface area (Å²) in [5.74, 6) is -1.29. The normalized spacial score (nSPS) is 19.9. The fraction of sp³-hybridized carbons (Fsp3) is 0.261. The third kappa shape index (κ3) is 4.54. The van der Waals surface area contributed by atoms with Gasteiger partial charge in [0.25, 0.3) is 0 Å². The first-order valence-electron chi connectivity index (χ1n) is 10.4. The van der Waals surface area contributed by atoms with Gasteiger partial charge in [-0.1, -0.05) is 41.9 Å². The number of aromatic nitrogens is 1. The quantitative estimate of drug-likeness (QED) is 0.515. The number of hydrogen-bond donors (Lipinski definition) is 3. The highest BCUT2D eigenvalue weighted by Gasteiger charge is 2.46. The summed E-state index contributed by atoms with van der Waals surface area (Å²) >= 11 is 5.77. The number of alkyl halides is 1. The Morgan fingerprint density at radius 1 is 1.21 bits per heavy atom. The Bertz CT molecular complexity index is 1290. The molecule has 4 amide bonds. The molecule has 4 rings (SSSR count). The summed E-state index contributed by atoms with van der Waals surface area (Å²) in [4.78, 5) is 38.8. The third-order valence-electron chi connectivity index (χ3n) is 5.73. The SMILES string of the molecule is C[C@@]1(F)C[C@@H](C(=O)NCc2cccc(Cl)c2F)N(C(=O)Nc2cn(C(N)=O)c3ccccc23)C1. The number of amides is 4. The van der Waals surface area contributed by atoms with E-state index in [0.717, 1.165) is 4.90 Å². The van der Waals surface area contributed by atoms with Crippen LogP contribution in [0.15, 0.2) is 48.7 Å². The molecular formula is C23H22ClF2N5O3. The molecule has 0 spiro atoms. The largest absolute Gasteiger partial charge is 0.351 e. The molecule has 0 saturated carbocycles. The van der Waals surface area contributed by atoms with E-state index < -0.39 is 35.5 Å². The van der Waals surface area contributed by atoms with Crippen LogP contribution in [0.25, 0.3) is 10.9 Å². The van der Waals surface area contributed by atoms with Gasteiger partial charge in [0.15, 0.2) is 0 Å². The van der Waals surface area contributed by atoms with E-state index >= 15 is 0 Å². The molecule has 4 N–H and O–H groups in total. The van der Waals surface area contributed by atoms with Crippen molar-refractivity contribution in [3.05, 3.63) is 65.1 Å². The zero-order chi connectivity index (χ0) is 24.6. The van der Waals surface area contributed by atoms with Crippen LogP contribution in [0.3, 0.4) is 0 Å². The number of likely N-dealkylation sites (tertiary alicyclic amines) is 1. The molecular weight excluding hydrogens is 468 g/mol. The minimum atomic E-state index is -1.80. The number of nitrogens with one attached hydrogen (secondary N) is 2. The lowest BCUT2D eigenvalue weighted by Gasteiger charge is -2.24. The molecule has 11 heteroatoms. The van der Waals surface area contributed by atoms with Crippen molar-refractivity contribution in [3.8, 4) is 0 Å². The highest BCUT2D eigenvalue weighted by Crippen LogP contribution is 2.32. The molecule has 2 atom stereocenters. The van der Waals surface area contributed by atoms with Crippen molar-refractivity contribution in [1.29, 1.82) is 0 Å². The van der Waals surface area contributed by atoms with Crippen molar-refractivity contribution in [2.45, 2.75) is 31.6 Å². The van der Waals surface area contributed by atoms with Gasteiger partial charge in [0.05, 0.1) is 22.8 Å². The molecule has 34 heavy (non-hydrogen) atoms. The van der Waals surface area contributed by atoms with Crippen molar-refractivity contribution in [1.82, 2.24) is 14.8 Å². The molecule has 1 aromatic heterocycles. The van der Waals surface area contributed by atoms with Gasteiger partial charge in [0.1, 0.15) is 17.5 Å². The van der Waals surface area contributed by atoms with E-state index in [1.165, 1.54) is 29.8 Å². The number of nitrogens with zero attached hydrogens (tertiary/aromatic N) is 2. The molecule has 1 aliphatic rings. The topological polar surface area (TPSA) is 109 Å². The van der Waals surface area contributed by atoms with E-state index in [0.29, 0.717) is 10.9 Å². The Morgan fingerprint density at radius 3 is 2.68 bits per heavy atom. The van der Waals surface area contributed by atoms with Gasteiger partial charge in [-0.3, -0.25) is 9.36 Å². The maximum atomic E-state index is 14.9. The maximum Gasteiger partial charge on any atom is 0.323 e. The van der Waals surface area contributed by atoms with Gasteiger partial charge in [-0.2, -0.15) is 0 Å². The molecule has 0 unspecified atom stereocenters. The lowest BCUT2D eigenvalue weighted by molar-refractivity contribution is -0.124. The average Bonchev–Trinajstić information content (AvgIpc) is 3.32. The molecule has 0 aliphatic carbocycles. The van der Waals surface area contributed by atoms with E-state index in [1.54, 1.807) is 30.3 Å². The molecule has 0 radical (unpaired) electrons. The summed E-state index contributed by atoms with van der Waals surface area (Å²) in [6.45, 7) is 0.805. The first-order valence-corrected chi connectivity index (χ1v) is 10.8. The number of carbonyl (C=O) groups is 3. The lowest BCUT2D eigenvalue weighted by atomic mass is 10.0. The fourth-order valence-corrected chi connectivity index (χ4v) is 4.32. The zero-order valence-corrected chi connectivity index (χ0v) is 18.9. The summed E-state index contributed by atoms with van der Waals surface area (Å²) in [6.07, 6.45) is 1.14. The van der Waals surface area contributed by atoms with Gasteiger partial charge in [0.2, 0.25) is 5.91 Å². The number of primary amides is 1. The van der Waals surface area contributed by atoms with Crippen LogP contribution < -0.4 is 16.4 Å². The van der Waals surface area contributed by atoms with Crippen LogP contribution in [0.1, 0.15) is 18.9 Å². The van der Waals surface area contributed by atoms with Gasteiger partial charge in [-0.25, -0.2) is 18.4 Å². The molecule has 8 nitrogen and oxygen atoms in total. The number of hydrogen-bond acceptors (Lipinski definition) is 3. The number of carbonyl (C=O) groups excluding carboxylic acids is 3. The molecule has 1 aliphatic heterocycles. The van der Waals surface area contributed by atoms with Gasteiger partial charge in [-0.05, 0) is 19.1 Å². The van der Waals surface area contributed by atoms with E-state index in [1.807, 2.05) is 0 Å². The van der Waals surface area contributed by atoms with Crippen molar-refractivity contribution < 1.29 is 23.2 Å². The summed E-state index contributed by atoms with van der Waals surface area (Å²) < 4.78 is 30.2. The van der Waals surface area contributed by atoms with Crippen LogP contribution in [0.2, 0.25) is 5.02 Å². The summed E-state index contributed by atoms with van der Waals surface area (Å²) in [6, 6.07) is 8.61. The monoisotopic (exact) mass is 489 g/mol. The van der Waals surface area contributed by atoms with Crippen LogP contribution in [0, 0.1) is 5.82 Å². The number of benzene rings is 2. The van der Waals surface area contributed by atoms with Gasteiger partial charge in [0, 0.05) is 30.1 Å². The first kappa shape index (κ1) is 23.5. The smallest absolute Gasteiger partial charge is 0.323 e. The predicted molar refractivity (Wildman–Crippen MR) is 124 cm³/mol. The van der Waals surface area contributed by atoms with Crippen LogP contribution in [0.4, 0.5) is 24.1 Å². The average molecular weight is 490 g/mol. The lowest BCUT2D eigenvalue weighted by Crippen LogP contribution is -2.47. The molecule has 2 heterocycles. The number of halogens is 3. The van der Waals surface area contributed by atoms with Crippen LogP contribution in [0.5, 0.6) is 0 Å². The number of urea groups is 1. The van der Waals surface area contributed by atoms with Crippen LogP contribution >= 0.6 is 11.6 Å². The summed E-state index contributed by atoms with van der Waals surface area (Å²) in [5, 5.41) is 5.67. The second-order valence-corrected chi connectivity index (χ2v) is 8.80. The zero-order valence-electron chi connectivity index (χ0n) is 18.1. The molecule has 178 valence electrons. The van der Waals surface area contributed by atoms with Crippen LogP contribution in [-0.4, -0.2) is 45.7 Å². The van der Waals surface area contributed by atoms with E-state index in [4.69, 9.17) is 17.3 Å². The fourth-order valence-electron chi connectivity index (χ4n) is 4.12. The third-order valence-corrected chi connectivity index (χ3v) is 6.03. The summed E-state index contributed by atoms with van der Waals surface area (Å²) in [7, 11) is 0. The Balaban J connectivity index is 1.53. The predicted octanol–water partition coefficient (Wildman–Crippen LogP) is 4.01. The van der Waals surface area contributed by atoms with Gasteiger partial charge < -0.3 is 21.3 Å². The highest BCUT2D eigenvalue weighted by molar-refractivity contribution is 6.30. The molecule has 2 aromatic carbocycles.